The molecule has 0 N–H and O–H groups in total. The Hall–Kier alpha value is -5.06. The molecule has 3 amide bonds. The van der Waals surface area contributed by atoms with E-state index in [0.29, 0.717) is 5.69 Å². The average Bonchev–Trinajstić information content (AvgIpc) is 3.69. The largest absolute Gasteiger partial charge is 0.271 e. The van der Waals surface area contributed by atoms with Crippen molar-refractivity contribution in [1.29, 1.82) is 0 Å². The Morgan fingerprint density at radius 1 is 0.909 bits per heavy atom. The van der Waals surface area contributed by atoms with Crippen LogP contribution >= 0.6 is 0 Å². The molecule has 0 unspecified atom stereocenters. The van der Waals surface area contributed by atoms with Crippen LogP contribution in [0.1, 0.15) is 42.0 Å². The molecule has 0 radical (unpaired) electrons. The van der Waals surface area contributed by atoms with Gasteiger partial charge in [-0.1, -0.05) is 47.2 Å². The highest BCUT2D eigenvalue weighted by atomic mass is 19.1. The Bertz CT molecular complexity index is 1740. The van der Waals surface area contributed by atoms with Crippen molar-refractivity contribution in [3.05, 3.63) is 107 Å². The van der Waals surface area contributed by atoms with Gasteiger partial charge in [-0.2, -0.15) is 10.2 Å². The molecule has 11 heteroatoms. The first kappa shape index (κ1) is 27.8. The maximum atomic E-state index is 14.0. The van der Waals surface area contributed by atoms with Gasteiger partial charge in [0.05, 0.1) is 17.4 Å². The first-order chi connectivity index (χ1) is 21.3. The van der Waals surface area contributed by atoms with Crippen LogP contribution in [0, 0.1) is 24.5 Å². The fraction of sp³-hybridized carbons (Fsp3) is 0.273. The van der Waals surface area contributed by atoms with Crippen molar-refractivity contribution in [2.24, 2.45) is 21.4 Å². The molecule has 3 aromatic carbocycles. The van der Waals surface area contributed by atoms with Crippen LogP contribution < -0.4 is 4.90 Å². The van der Waals surface area contributed by atoms with Crippen LogP contribution in [0.4, 0.5) is 14.5 Å². The van der Waals surface area contributed by atoms with E-state index in [2.05, 4.69) is 10.3 Å². The number of carbonyl (C=O) groups excluding carboxylic acids is 3. The number of halogens is 2. The molecule has 9 nitrogen and oxygen atoms in total. The van der Waals surface area contributed by atoms with Crippen molar-refractivity contribution in [3.63, 3.8) is 0 Å². The van der Waals surface area contributed by atoms with Gasteiger partial charge < -0.3 is 0 Å². The van der Waals surface area contributed by atoms with Crippen molar-refractivity contribution in [1.82, 2.24) is 10.0 Å². The van der Waals surface area contributed by atoms with Gasteiger partial charge in [0.15, 0.2) is 12.1 Å². The minimum absolute atomic E-state index is 0.149. The molecular formula is C33H28F2N6O3. The van der Waals surface area contributed by atoms with E-state index in [1.807, 2.05) is 25.1 Å². The quantitative estimate of drug-likeness (QED) is 0.370. The van der Waals surface area contributed by atoms with Crippen LogP contribution in [0.25, 0.3) is 6.08 Å². The summed E-state index contributed by atoms with van der Waals surface area (Å²) in [5.41, 5.74) is 4.67. The number of rotatable bonds is 5. The molecule has 3 aromatic rings. The zero-order valence-corrected chi connectivity index (χ0v) is 23.8. The third kappa shape index (κ3) is 4.78. The summed E-state index contributed by atoms with van der Waals surface area (Å²) in [5, 5.41) is 15.6. The summed E-state index contributed by atoms with van der Waals surface area (Å²) in [5.74, 6) is -2.29. The van der Waals surface area contributed by atoms with E-state index in [-0.39, 0.29) is 18.3 Å². The summed E-state index contributed by atoms with van der Waals surface area (Å²) in [7, 11) is 0. The minimum Gasteiger partial charge on any atom is -0.271 e. The van der Waals surface area contributed by atoms with Crippen LogP contribution in [-0.4, -0.2) is 52.1 Å². The first-order valence-corrected chi connectivity index (χ1v) is 14.5. The topological polar surface area (TPSA) is 98.0 Å². The highest BCUT2D eigenvalue weighted by molar-refractivity contribution is 6.25. The molecule has 3 heterocycles. The van der Waals surface area contributed by atoms with Crippen molar-refractivity contribution in [3.8, 4) is 0 Å². The third-order valence-electron chi connectivity index (χ3n) is 8.63. The van der Waals surface area contributed by atoms with Crippen molar-refractivity contribution in [2.75, 3.05) is 11.4 Å². The zero-order valence-electron chi connectivity index (χ0n) is 23.8. The molecule has 44 heavy (non-hydrogen) atoms. The third-order valence-corrected chi connectivity index (χ3v) is 8.63. The molecule has 2 fully saturated rings. The Kier molecular flexibility index (Phi) is 6.87. The molecule has 4 aliphatic rings. The Balaban J connectivity index is 1.18. The Morgan fingerprint density at radius 3 is 2.30 bits per heavy atom. The lowest BCUT2D eigenvalue weighted by Gasteiger charge is -2.30. The molecular weight excluding hydrogens is 566 g/mol. The number of hydrogen-bond donors (Lipinski definition) is 0. The van der Waals surface area contributed by atoms with Crippen LogP contribution in [0.3, 0.4) is 0 Å². The van der Waals surface area contributed by atoms with E-state index in [1.165, 1.54) is 34.3 Å². The van der Waals surface area contributed by atoms with Crippen molar-refractivity contribution < 1.29 is 23.2 Å². The predicted molar refractivity (Wildman–Crippen MR) is 158 cm³/mol. The number of aryl methyl sites for hydroxylation is 1. The molecule has 3 aliphatic heterocycles. The second kappa shape index (κ2) is 10.9. The number of imide groups is 1. The molecule has 1 saturated heterocycles. The SMILES string of the molecule is Cc1ccc(N2C(=O)[C@H]3N=NN(CC(=O)N4N=C5/C(=C/c6ccc(F)cc6)CCC[C@H]5[C@H]4c4ccc(F)cc4)[C@@H]3C2=O)cc1. The maximum Gasteiger partial charge on any atom is 0.264 e. The van der Waals surface area contributed by atoms with E-state index < -0.39 is 41.7 Å². The Labute approximate surface area is 252 Å². The lowest BCUT2D eigenvalue weighted by atomic mass is 9.77. The fourth-order valence-electron chi connectivity index (χ4n) is 6.47. The number of allylic oxidation sites excluding steroid dienone is 1. The van der Waals surface area contributed by atoms with E-state index >= 15 is 0 Å². The second-order valence-corrected chi connectivity index (χ2v) is 11.5. The predicted octanol–water partition coefficient (Wildman–Crippen LogP) is 5.39. The molecule has 0 bridgehead atoms. The summed E-state index contributed by atoms with van der Waals surface area (Å²) in [6.45, 7) is 1.58. The zero-order chi connectivity index (χ0) is 30.5. The first-order valence-electron chi connectivity index (χ1n) is 14.5. The summed E-state index contributed by atoms with van der Waals surface area (Å²) >= 11 is 0. The maximum absolute atomic E-state index is 14.0. The van der Waals surface area contributed by atoms with Crippen molar-refractivity contribution in [2.45, 2.75) is 44.3 Å². The van der Waals surface area contributed by atoms with Gasteiger partial charge in [-0.15, -0.1) is 0 Å². The average molecular weight is 595 g/mol. The van der Waals surface area contributed by atoms with Crippen LogP contribution in [0.15, 0.2) is 93.8 Å². The number of nitrogens with zero attached hydrogens (tertiary/aromatic N) is 6. The van der Waals surface area contributed by atoms with Crippen molar-refractivity contribution >= 4 is 35.2 Å². The smallest absolute Gasteiger partial charge is 0.264 e. The fourth-order valence-corrected chi connectivity index (χ4v) is 6.47. The Morgan fingerprint density at radius 2 is 1.59 bits per heavy atom. The molecule has 222 valence electrons. The van der Waals surface area contributed by atoms with Crippen LogP contribution in [-0.2, 0) is 14.4 Å². The van der Waals surface area contributed by atoms with Gasteiger partial charge in [0.2, 0.25) is 0 Å². The summed E-state index contributed by atoms with van der Waals surface area (Å²) in [6.07, 6.45) is 4.31. The van der Waals surface area contributed by atoms with Gasteiger partial charge in [0.25, 0.3) is 17.7 Å². The minimum atomic E-state index is -1.04. The number of anilines is 1. The van der Waals surface area contributed by atoms with E-state index in [1.54, 1.807) is 36.4 Å². The monoisotopic (exact) mass is 594 g/mol. The molecule has 4 atom stereocenters. The molecule has 0 spiro atoms. The normalized spacial score (nSPS) is 25.1. The van der Waals surface area contributed by atoms with E-state index in [9.17, 15) is 23.2 Å². The van der Waals surface area contributed by atoms with Gasteiger partial charge in [0.1, 0.15) is 18.2 Å². The molecule has 0 aromatic heterocycles. The number of hydrazone groups is 1. The van der Waals surface area contributed by atoms with Gasteiger partial charge in [-0.05, 0) is 85.4 Å². The molecule has 7 rings (SSSR count). The number of carbonyl (C=O) groups is 3. The summed E-state index contributed by atoms with van der Waals surface area (Å²) in [6, 6.07) is 16.6. The standard InChI is InChI=1S/C33H28F2N6O3/c1-19-5-15-25(16-6-19)40-32(43)29-31(33(40)44)39(38-36-29)18-27(42)41-30(21-9-13-24(35)14-10-21)26-4-2-3-22(28(26)37-41)17-20-7-11-23(34)12-8-20/h5-17,26,29-31H,2-4,18H2,1H3/b22-17+/t26-,29+,30-,31+/m1/s1. The van der Waals surface area contributed by atoms with E-state index in [4.69, 9.17) is 5.10 Å². The lowest BCUT2D eigenvalue weighted by Crippen LogP contribution is -2.45. The van der Waals surface area contributed by atoms with Crippen LogP contribution in [0.5, 0.6) is 0 Å². The number of amides is 3. The number of hydrogen-bond acceptors (Lipinski definition) is 7. The number of fused-ring (bicyclic) bond motifs is 2. The van der Waals surface area contributed by atoms with Gasteiger partial charge in [-0.3, -0.25) is 19.4 Å². The highest BCUT2D eigenvalue weighted by Crippen LogP contribution is 2.45. The molecule has 1 aliphatic carbocycles. The second-order valence-electron chi connectivity index (χ2n) is 11.5. The van der Waals surface area contributed by atoms with Gasteiger partial charge >= 0.3 is 0 Å². The van der Waals surface area contributed by atoms with E-state index in [0.717, 1.165) is 52.1 Å². The lowest BCUT2D eigenvalue weighted by molar-refractivity contribution is -0.136. The summed E-state index contributed by atoms with van der Waals surface area (Å²) < 4.78 is 27.4. The van der Waals surface area contributed by atoms with Gasteiger partial charge in [-0.25, -0.2) is 18.7 Å². The van der Waals surface area contributed by atoms with Gasteiger partial charge in [0, 0.05) is 5.92 Å². The summed E-state index contributed by atoms with van der Waals surface area (Å²) in [4.78, 5) is 41.7. The number of benzene rings is 3. The highest BCUT2D eigenvalue weighted by Gasteiger charge is 2.55. The molecule has 1 saturated carbocycles. The van der Waals surface area contributed by atoms with Crippen LogP contribution in [0.2, 0.25) is 0 Å².